The van der Waals surface area contributed by atoms with Crippen molar-refractivity contribution in [2.45, 2.75) is 195 Å². The highest BCUT2D eigenvalue weighted by molar-refractivity contribution is 5.79. The SMILES string of the molecule is C=C1CC2CC[C@@]34C[C@H]5O[C@H]6[C@@H](O3)[C@H]3OC(CC[C@@H]3O[C@H]6C5O4)CC(=O)C[C@H]3C(C[C@H]4OC(CC[C@H]1O2)C[C@@H](C)C4=C)O[C@H](C[C@H](O)CO)[C@@H]3C. The molecule has 0 aliphatic carbocycles. The smallest absolute Gasteiger partial charge is 0.172 e. The number of Topliss-reactive ketones (excluding diaryl/α,β-unsaturated/α-hetero) is 1. The second-order valence-corrected chi connectivity index (χ2v) is 17.5. The Morgan fingerprint density at radius 1 is 0.745 bits per heavy atom. The minimum Gasteiger partial charge on any atom is -0.394 e. The third-order valence-electron chi connectivity index (χ3n) is 14.1. The largest absolute Gasteiger partial charge is 0.394 e. The van der Waals surface area contributed by atoms with Crippen LogP contribution in [-0.4, -0.2) is 120 Å². The number of aliphatic hydroxyl groups is 2. The average molecular weight is 715 g/mol. The summed E-state index contributed by atoms with van der Waals surface area (Å²) in [7, 11) is 0. The van der Waals surface area contributed by atoms with Crippen LogP contribution in [0.5, 0.6) is 0 Å². The quantitative estimate of drug-likeness (QED) is 0.410. The number of hydrogen-bond donors (Lipinski definition) is 2. The molecule has 12 bridgehead atoms. The molecular weight excluding hydrogens is 656 g/mol. The van der Waals surface area contributed by atoms with E-state index < -0.39 is 11.9 Å². The fraction of sp³-hybridized carbons (Fsp3) is 0.875. The first-order chi connectivity index (χ1) is 24.6. The van der Waals surface area contributed by atoms with Gasteiger partial charge in [0.1, 0.15) is 36.3 Å². The van der Waals surface area contributed by atoms with Gasteiger partial charge in [-0.15, -0.1) is 0 Å². The predicted molar refractivity (Wildman–Crippen MR) is 183 cm³/mol. The van der Waals surface area contributed by atoms with Crippen molar-refractivity contribution in [2.75, 3.05) is 6.61 Å². The summed E-state index contributed by atoms with van der Waals surface area (Å²) in [6, 6.07) is 0. The summed E-state index contributed by atoms with van der Waals surface area (Å²) in [6.45, 7) is 12.9. The Kier molecular flexibility index (Phi) is 9.59. The maximum Gasteiger partial charge on any atom is 0.172 e. The summed E-state index contributed by atoms with van der Waals surface area (Å²) in [4.78, 5) is 14.0. The van der Waals surface area contributed by atoms with E-state index in [9.17, 15) is 15.0 Å². The minimum absolute atomic E-state index is 0.00894. The van der Waals surface area contributed by atoms with Crippen molar-refractivity contribution in [2.24, 2.45) is 17.8 Å². The highest BCUT2D eigenvalue weighted by atomic mass is 16.8. The molecule has 0 saturated carbocycles. The summed E-state index contributed by atoms with van der Waals surface area (Å²) < 4.78 is 53.9. The first-order valence-corrected chi connectivity index (χ1v) is 20.0. The lowest BCUT2D eigenvalue weighted by Gasteiger charge is -2.47. The molecule has 19 atom stereocenters. The first kappa shape index (κ1) is 35.5. The summed E-state index contributed by atoms with van der Waals surface area (Å²) in [5.41, 5.74) is 2.22. The molecule has 10 aliphatic heterocycles. The maximum absolute atomic E-state index is 14.0. The lowest BCUT2D eigenvalue weighted by Crippen LogP contribution is -2.61. The van der Waals surface area contributed by atoms with Crippen molar-refractivity contribution in [1.29, 1.82) is 0 Å². The van der Waals surface area contributed by atoms with Crippen LogP contribution in [0.1, 0.15) is 97.3 Å². The van der Waals surface area contributed by atoms with Crippen molar-refractivity contribution >= 4 is 5.78 Å². The van der Waals surface area contributed by atoms with Crippen molar-refractivity contribution in [1.82, 2.24) is 0 Å². The van der Waals surface area contributed by atoms with Crippen LogP contribution in [0.25, 0.3) is 0 Å². The van der Waals surface area contributed by atoms with Gasteiger partial charge in [0.05, 0.1) is 67.6 Å². The predicted octanol–water partition coefficient (Wildman–Crippen LogP) is 4.09. The lowest BCUT2D eigenvalue weighted by atomic mass is 9.79. The molecule has 284 valence electrons. The molecule has 0 aromatic rings. The molecule has 51 heavy (non-hydrogen) atoms. The maximum atomic E-state index is 14.0. The molecule has 5 unspecified atom stereocenters. The second kappa shape index (κ2) is 13.8. The third-order valence-corrected chi connectivity index (χ3v) is 14.1. The van der Waals surface area contributed by atoms with Crippen LogP contribution in [-0.2, 0) is 42.7 Å². The van der Waals surface area contributed by atoms with E-state index in [0.717, 1.165) is 56.1 Å². The lowest BCUT2D eigenvalue weighted by molar-refractivity contribution is -0.292. The molecule has 0 aromatic carbocycles. The molecule has 10 aliphatic rings. The van der Waals surface area contributed by atoms with Gasteiger partial charge in [0.15, 0.2) is 5.79 Å². The van der Waals surface area contributed by atoms with Crippen molar-refractivity contribution in [3.8, 4) is 0 Å². The van der Waals surface area contributed by atoms with E-state index in [1.54, 1.807) is 0 Å². The summed E-state index contributed by atoms with van der Waals surface area (Å²) in [5, 5.41) is 20.0. The minimum atomic E-state index is -0.872. The second-order valence-electron chi connectivity index (χ2n) is 17.5. The Morgan fingerprint density at radius 2 is 1.49 bits per heavy atom. The Bertz CT molecular complexity index is 1360. The zero-order valence-corrected chi connectivity index (χ0v) is 30.3. The summed E-state index contributed by atoms with van der Waals surface area (Å²) >= 11 is 0. The number of hydrogen-bond acceptors (Lipinski definition) is 11. The number of fused-ring (bicyclic) bond motifs is 6. The van der Waals surface area contributed by atoms with Gasteiger partial charge in [0, 0.05) is 38.5 Å². The highest BCUT2D eigenvalue weighted by Gasteiger charge is 2.68. The number of rotatable bonds is 3. The standard InChI is InChI=1S/C40H58O11/c1-19-11-25-5-7-29-20(2)12-27(44-29)9-10-40-17-34-36(50-40)37-38(49-34)39(51-40)35-30(48-37)8-6-26(46-35)13-23(42)14-28-22(4)31(15-24(43)18-41)47-33(28)16-32(45-25)21(19)3/h19,22,24-39,41,43H,2-3,5-18H2,1,4H3/t19-,22-,24+,25?,26?,27?,28-,29-,30+,31-,32-,33?,34-,35+,36?,37+,38-,39+,40+/m1/s1. The molecular formula is C40H58O11. The fourth-order valence-corrected chi connectivity index (χ4v) is 11.3. The molecule has 2 N–H and O–H groups in total. The Hall–Kier alpha value is -1.25. The fourth-order valence-electron chi connectivity index (χ4n) is 11.3. The molecule has 0 amide bonds. The van der Waals surface area contributed by atoms with Gasteiger partial charge in [-0.2, -0.15) is 0 Å². The van der Waals surface area contributed by atoms with Crippen LogP contribution >= 0.6 is 0 Å². The molecule has 11 heteroatoms. The zero-order valence-electron chi connectivity index (χ0n) is 30.3. The van der Waals surface area contributed by atoms with Gasteiger partial charge >= 0.3 is 0 Å². The Morgan fingerprint density at radius 3 is 2.33 bits per heavy atom. The Balaban J connectivity index is 0.986. The van der Waals surface area contributed by atoms with Gasteiger partial charge < -0.3 is 48.1 Å². The van der Waals surface area contributed by atoms with Crippen LogP contribution in [0.2, 0.25) is 0 Å². The van der Waals surface area contributed by atoms with Gasteiger partial charge in [-0.1, -0.05) is 27.0 Å². The van der Waals surface area contributed by atoms with Gasteiger partial charge in [0.25, 0.3) is 0 Å². The number of carbonyl (C=O) groups is 1. The third kappa shape index (κ3) is 6.53. The molecule has 10 rings (SSSR count). The van der Waals surface area contributed by atoms with Crippen molar-refractivity contribution in [3.05, 3.63) is 24.3 Å². The number of aliphatic hydroxyl groups excluding tert-OH is 2. The van der Waals surface area contributed by atoms with E-state index in [1.165, 1.54) is 0 Å². The highest BCUT2D eigenvalue weighted by Crippen LogP contribution is 2.54. The van der Waals surface area contributed by atoms with Crippen LogP contribution in [0.4, 0.5) is 0 Å². The first-order valence-electron chi connectivity index (χ1n) is 20.0. The van der Waals surface area contributed by atoms with E-state index in [4.69, 9.17) is 37.9 Å². The van der Waals surface area contributed by atoms with Crippen molar-refractivity contribution < 1.29 is 52.9 Å². The molecule has 0 radical (unpaired) electrons. The van der Waals surface area contributed by atoms with Gasteiger partial charge in [-0.3, -0.25) is 4.79 Å². The van der Waals surface area contributed by atoms with E-state index in [2.05, 4.69) is 27.0 Å². The van der Waals surface area contributed by atoms with Crippen LogP contribution in [0.3, 0.4) is 0 Å². The van der Waals surface area contributed by atoms with E-state index in [0.29, 0.717) is 44.4 Å². The zero-order chi connectivity index (χ0) is 35.2. The Labute approximate surface area is 301 Å². The molecule has 10 fully saturated rings. The number of ketones is 1. The van der Waals surface area contributed by atoms with Crippen LogP contribution in [0.15, 0.2) is 24.3 Å². The van der Waals surface area contributed by atoms with Crippen LogP contribution < -0.4 is 0 Å². The monoisotopic (exact) mass is 714 g/mol. The van der Waals surface area contributed by atoms with Gasteiger partial charge in [-0.05, 0) is 73.8 Å². The molecule has 1 spiro atoms. The molecule has 10 saturated heterocycles. The van der Waals surface area contributed by atoms with Gasteiger partial charge in [-0.25, -0.2) is 0 Å². The number of carbonyl (C=O) groups excluding carboxylic acids is 1. The average Bonchev–Trinajstić information content (AvgIpc) is 3.77. The summed E-state index contributed by atoms with van der Waals surface area (Å²) in [5.74, 6) is -0.367. The molecule has 11 nitrogen and oxygen atoms in total. The van der Waals surface area contributed by atoms with E-state index in [-0.39, 0.29) is 110 Å². The summed E-state index contributed by atoms with van der Waals surface area (Å²) in [6.07, 6.45) is 5.65. The normalized spacial score (nSPS) is 53.2. The van der Waals surface area contributed by atoms with E-state index in [1.807, 2.05) is 0 Å². The van der Waals surface area contributed by atoms with E-state index >= 15 is 0 Å². The number of ether oxygens (including phenoxy) is 8. The topological polar surface area (TPSA) is 131 Å². The van der Waals surface area contributed by atoms with Crippen LogP contribution in [0, 0.1) is 17.8 Å². The van der Waals surface area contributed by atoms with Gasteiger partial charge in [0.2, 0.25) is 0 Å². The van der Waals surface area contributed by atoms with Crippen molar-refractivity contribution in [3.63, 3.8) is 0 Å². The molecule has 0 aromatic heterocycles. The molecule has 10 heterocycles.